The fraction of sp³-hybridized carbons (Fsp3) is 0.316. The fourth-order valence-electron chi connectivity index (χ4n) is 2.49. The van der Waals surface area contributed by atoms with Crippen LogP contribution in [0.4, 0.5) is 0 Å². The molecule has 0 bridgehead atoms. The number of guanidine groups is 1. The van der Waals surface area contributed by atoms with Gasteiger partial charge >= 0.3 is 0 Å². The molecule has 2 rings (SSSR count). The Hall–Kier alpha value is -1.87. The predicted molar refractivity (Wildman–Crippen MR) is 120 cm³/mol. The third kappa shape index (κ3) is 6.35. The minimum atomic E-state index is 0. The molecule has 2 N–H and O–H groups in total. The van der Waals surface area contributed by atoms with Gasteiger partial charge in [0.2, 0.25) is 5.75 Å². The van der Waals surface area contributed by atoms with Gasteiger partial charge in [0, 0.05) is 30.7 Å². The molecule has 0 amide bonds. The molecule has 148 valence electrons. The SMILES string of the molecule is CN=C(NCc1ccc(Cl)cc1)NCc1ccc(OC)c(OC)c1OC.I. The molecule has 2 aromatic carbocycles. The molecule has 0 spiro atoms. The third-order valence-corrected chi connectivity index (χ3v) is 4.08. The number of nitrogens with one attached hydrogen (secondary N) is 2. The highest BCUT2D eigenvalue weighted by Crippen LogP contribution is 2.39. The Labute approximate surface area is 182 Å². The zero-order valence-corrected chi connectivity index (χ0v) is 18.9. The first kappa shape index (κ1) is 23.2. The number of halogens is 2. The van der Waals surface area contributed by atoms with E-state index in [0.29, 0.717) is 36.3 Å². The number of methoxy groups -OCH3 is 3. The Kier molecular flexibility index (Phi) is 10.1. The molecule has 0 radical (unpaired) electrons. The molecular formula is C19H25ClIN3O3. The first-order valence-electron chi connectivity index (χ1n) is 8.09. The molecule has 0 aliphatic heterocycles. The highest BCUT2D eigenvalue weighted by atomic mass is 127. The van der Waals surface area contributed by atoms with E-state index in [-0.39, 0.29) is 24.0 Å². The monoisotopic (exact) mass is 505 g/mol. The van der Waals surface area contributed by atoms with E-state index in [4.69, 9.17) is 25.8 Å². The van der Waals surface area contributed by atoms with Crippen LogP contribution < -0.4 is 24.8 Å². The molecule has 0 saturated heterocycles. The van der Waals surface area contributed by atoms with E-state index in [0.717, 1.165) is 16.1 Å². The Morgan fingerprint density at radius 2 is 1.52 bits per heavy atom. The van der Waals surface area contributed by atoms with Crippen LogP contribution in [0.2, 0.25) is 5.02 Å². The summed E-state index contributed by atoms with van der Waals surface area (Å²) in [6.45, 7) is 1.16. The van der Waals surface area contributed by atoms with Gasteiger partial charge in [0.1, 0.15) is 0 Å². The normalized spacial score (nSPS) is 10.6. The summed E-state index contributed by atoms with van der Waals surface area (Å²) in [5.74, 6) is 2.50. The van der Waals surface area contributed by atoms with Crippen molar-refractivity contribution in [1.29, 1.82) is 0 Å². The lowest BCUT2D eigenvalue weighted by atomic mass is 10.1. The Morgan fingerprint density at radius 3 is 2.07 bits per heavy atom. The van der Waals surface area contributed by atoms with Crippen molar-refractivity contribution >= 4 is 41.5 Å². The molecule has 27 heavy (non-hydrogen) atoms. The quantitative estimate of drug-likeness (QED) is 0.340. The van der Waals surface area contributed by atoms with Crippen LogP contribution in [0, 0.1) is 0 Å². The second-order valence-electron chi connectivity index (χ2n) is 5.40. The van der Waals surface area contributed by atoms with E-state index >= 15 is 0 Å². The lowest BCUT2D eigenvalue weighted by Gasteiger charge is -2.17. The van der Waals surface area contributed by atoms with Crippen LogP contribution >= 0.6 is 35.6 Å². The van der Waals surface area contributed by atoms with E-state index in [1.165, 1.54) is 0 Å². The lowest BCUT2D eigenvalue weighted by Crippen LogP contribution is -2.36. The van der Waals surface area contributed by atoms with Crippen LogP contribution in [0.15, 0.2) is 41.4 Å². The molecule has 2 aromatic rings. The number of benzene rings is 2. The maximum absolute atomic E-state index is 5.91. The van der Waals surface area contributed by atoms with Crippen LogP contribution in [0.1, 0.15) is 11.1 Å². The molecule has 0 heterocycles. The largest absolute Gasteiger partial charge is 0.493 e. The number of hydrogen-bond acceptors (Lipinski definition) is 4. The number of hydrogen-bond donors (Lipinski definition) is 2. The molecule has 0 atom stereocenters. The molecule has 0 unspecified atom stereocenters. The number of nitrogens with zero attached hydrogens (tertiary/aromatic N) is 1. The minimum Gasteiger partial charge on any atom is -0.493 e. The van der Waals surface area contributed by atoms with Crippen LogP contribution in [-0.2, 0) is 13.1 Å². The highest BCUT2D eigenvalue weighted by Gasteiger charge is 2.15. The van der Waals surface area contributed by atoms with Gasteiger partial charge in [-0.3, -0.25) is 4.99 Å². The summed E-state index contributed by atoms with van der Waals surface area (Å²) in [5, 5.41) is 7.25. The second kappa shape index (κ2) is 11.8. The van der Waals surface area contributed by atoms with Crippen LogP contribution in [-0.4, -0.2) is 34.3 Å². The van der Waals surface area contributed by atoms with Gasteiger partial charge in [0.25, 0.3) is 0 Å². The van der Waals surface area contributed by atoms with Crippen molar-refractivity contribution in [3.8, 4) is 17.2 Å². The third-order valence-electron chi connectivity index (χ3n) is 3.83. The van der Waals surface area contributed by atoms with E-state index < -0.39 is 0 Å². The average molecular weight is 506 g/mol. The first-order chi connectivity index (χ1) is 12.6. The fourth-order valence-corrected chi connectivity index (χ4v) is 2.62. The van der Waals surface area contributed by atoms with Gasteiger partial charge in [-0.25, -0.2) is 0 Å². The summed E-state index contributed by atoms with van der Waals surface area (Å²) < 4.78 is 16.2. The van der Waals surface area contributed by atoms with Crippen molar-refractivity contribution in [2.24, 2.45) is 4.99 Å². The molecule has 6 nitrogen and oxygen atoms in total. The smallest absolute Gasteiger partial charge is 0.203 e. The maximum atomic E-state index is 5.91. The summed E-state index contributed by atoms with van der Waals surface area (Å²) in [7, 11) is 6.51. The van der Waals surface area contributed by atoms with Crippen LogP contribution in [0.5, 0.6) is 17.2 Å². The topological polar surface area (TPSA) is 64.1 Å². The van der Waals surface area contributed by atoms with Gasteiger partial charge in [-0.1, -0.05) is 23.7 Å². The van der Waals surface area contributed by atoms with Crippen molar-refractivity contribution in [2.45, 2.75) is 13.1 Å². The van der Waals surface area contributed by atoms with E-state index in [9.17, 15) is 0 Å². The van der Waals surface area contributed by atoms with Gasteiger partial charge in [0.15, 0.2) is 17.5 Å². The Bertz CT molecular complexity index is 755. The van der Waals surface area contributed by atoms with Gasteiger partial charge in [-0.05, 0) is 29.8 Å². The van der Waals surface area contributed by atoms with Gasteiger partial charge in [-0.2, -0.15) is 0 Å². The Morgan fingerprint density at radius 1 is 0.889 bits per heavy atom. The summed E-state index contributed by atoms with van der Waals surface area (Å²) in [6.07, 6.45) is 0. The van der Waals surface area contributed by atoms with Crippen LogP contribution in [0.25, 0.3) is 0 Å². The van der Waals surface area contributed by atoms with E-state index in [1.807, 2.05) is 36.4 Å². The predicted octanol–water partition coefficient (Wildman–Crippen LogP) is 3.85. The lowest BCUT2D eigenvalue weighted by molar-refractivity contribution is 0.322. The number of rotatable bonds is 7. The van der Waals surface area contributed by atoms with Gasteiger partial charge in [0.05, 0.1) is 21.3 Å². The van der Waals surface area contributed by atoms with Crippen molar-refractivity contribution < 1.29 is 14.2 Å². The molecule has 0 aromatic heterocycles. The average Bonchev–Trinajstić information content (AvgIpc) is 2.68. The van der Waals surface area contributed by atoms with Crippen molar-refractivity contribution in [3.63, 3.8) is 0 Å². The van der Waals surface area contributed by atoms with Gasteiger partial charge in [-0.15, -0.1) is 24.0 Å². The highest BCUT2D eigenvalue weighted by molar-refractivity contribution is 14.0. The van der Waals surface area contributed by atoms with E-state index in [2.05, 4.69) is 15.6 Å². The number of ether oxygens (including phenoxy) is 3. The van der Waals surface area contributed by atoms with Crippen molar-refractivity contribution in [1.82, 2.24) is 10.6 Å². The summed E-state index contributed by atoms with van der Waals surface area (Å²) in [6, 6.07) is 11.5. The summed E-state index contributed by atoms with van der Waals surface area (Å²) >= 11 is 5.91. The summed E-state index contributed by atoms with van der Waals surface area (Å²) in [4.78, 5) is 4.24. The maximum Gasteiger partial charge on any atom is 0.203 e. The van der Waals surface area contributed by atoms with Crippen molar-refractivity contribution in [3.05, 3.63) is 52.5 Å². The first-order valence-corrected chi connectivity index (χ1v) is 8.47. The molecule has 8 heteroatoms. The van der Waals surface area contributed by atoms with Crippen LogP contribution in [0.3, 0.4) is 0 Å². The molecule has 0 saturated carbocycles. The van der Waals surface area contributed by atoms with E-state index in [1.54, 1.807) is 28.4 Å². The molecular weight excluding hydrogens is 481 g/mol. The number of aliphatic imine (C=N–C) groups is 1. The standard InChI is InChI=1S/C19H24ClN3O3.HI/c1-21-19(22-11-13-5-8-15(20)9-6-13)23-12-14-7-10-16(24-2)18(26-4)17(14)25-3;/h5-10H,11-12H2,1-4H3,(H2,21,22,23);1H. The molecule has 0 fully saturated rings. The Balaban J connectivity index is 0.00000364. The molecule has 0 aliphatic carbocycles. The second-order valence-corrected chi connectivity index (χ2v) is 5.84. The molecule has 0 aliphatic rings. The minimum absolute atomic E-state index is 0. The zero-order valence-electron chi connectivity index (χ0n) is 15.8. The van der Waals surface area contributed by atoms with Gasteiger partial charge < -0.3 is 24.8 Å². The zero-order chi connectivity index (χ0) is 18.9. The summed E-state index contributed by atoms with van der Waals surface area (Å²) in [5.41, 5.74) is 2.04. The van der Waals surface area contributed by atoms with Crippen molar-refractivity contribution in [2.75, 3.05) is 28.4 Å².